The highest BCUT2D eigenvalue weighted by Gasteiger charge is 2.27. The first-order chi connectivity index (χ1) is 11.0. The van der Waals surface area contributed by atoms with Gasteiger partial charge in [-0.2, -0.15) is 0 Å². The molecule has 1 unspecified atom stereocenters. The Labute approximate surface area is 148 Å². The standard InChI is InChI=1S/C17H24FN3O2.ClH/c1-11(2)15(17(23)20-14-4-3-9-19-10-14)21-16(22)12-5-7-13(18)8-6-12;/h5-8,11,14-15,19H,3-4,9-10H2,1-2H3,(H,20,23)(H,21,22);1H/t14-,15?;/m0./s1. The van der Waals surface area contributed by atoms with Crippen LogP contribution < -0.4 is 16.0 Å². The second kappa shape index (κ2) is 9.59. The third-order valence-electron chi connectivity index (χ3n) is 3.99. The Hall–Kier alpha value is -1.66. The zero-order valence-electron chi connectivity index (χ0n) is 14.0. The molecule has 0 saturated carbocycles. The van der Waals surface area contributed by atoms with Crippen molar-refractivity contribution < 1.29 is 14.0 Å². The van der Waals surface area contributed by atoms with Crippen molar-refractivity contribution in [1.82, 2.24) is 16.0 Å². The lowest BCUT2D eigenvalue weighted by Crippen LogP contribution is -2.54. The lowest BCUT2D eigenvalue weighted by atomic mass is 10.0. The maximum absolute atomic E-state index is 12.9. The van der Waals surface area contributed by atoms with Crippen LogP contribution in [0.3, 0.4) is 0 Å². The van der Waals surface area contributed by atoms with Crippen molar-refractivity contribution in [3.8, 4) is 0 Å². The van der Waals surface area contributed by atoms with Crippen molar-refractivity contribution in [1.29, 1.82) is 0 Å². The van der Waals surface area contributed by atoms with E-state index in [1.54, 1.807) is 0 Å². The van der Waals surface area contributed by atoms with Crippen LogP contribution in [0, 0.1) is 11.7 Å². The van der Waals surface area contributed by atoms with E-state index >= 15 is 0 Å². The van der Waals surface area contributed by atoms with E-state index in [4.69, 9.17) is 0 Å². The quantitative estimate of drug-likeness (QED) is 0.753. The van der Waals surface area contributed by atoms with E-state index in [1.807, 2.05) is 13.8 Å². The minimum Gasteiger partial charge on any atom is -0.350 e. The number of carbonyl (C=O) groups is 2. The second-order valence-corrected chi connectivity index (χ2v) is 6.25. The highest BCUT2D eigenvalue weighted by Crippen LogP contribution is 2.08. The number of carbonyl (C=O) groups excluding carboxylic acids is 2. The minimum atomic E-state index is -0.616. The number of nitrogens with one attached hydrogen (secondary N) is 3. The Bertz CT molecular complexity index is 545. The molecular weight excluding hydrogens is 333 g/mol. The van der Waals surface area contributed by atoms with Gasteiger partial charge in [-0.1, -0.05) is 13.8 Å². The summed E-state index contributed by atoms with van der Waals surface area (Å²) in [5.41, 5.74) is 0.337. The normalized spacial score (nSPS) is 18.4. The average Bonchev–Trinajstić information content (AvgIpc) is 2.53. The highest BCUT2D eigenvalue weighted by molar-refractivity contribution is 5.97. The van der Waals surface area contributed by atoms with Gasteiger partial charge in [0.2, 0.25) is 5.91 Å². The van der Waals surface area contributed by atoms with E-state index in [1.165, 1.54) is 24.3 Å². The second-order valence-electron chi connectivity index (χ2n) is 6.25. The van der Waals surface area contributed by atoms with Gasteiger partial charge in [0.1, 0.15) is 11.9 Å². The molecule has 2 atom stereocenters. The molecule has 0 radical (unpaired) electrons. The fourth-order valence-corrected chi connectivity index (χ4v) is 2.63. The molecular formula is C17H25ClFN3O2. The summed E-state index contributed by atoms with van der Waals surface area (Å²) in [6.45, 7) is 5.49. The molecule has 7 heteroatoms. The minimum absolute atomic E-state index is 0. The van der Waals surface area contributed by atoms with E-state index in [-0.39, 0.29) is 36.2 Å². The smallest absolute Gasteiger partial charge is 0.251 e. The third-order valence-corrected chi connectivity index (χ3v) is 3.99. The van der Waals surface area contributed by atoms with Crippen LogP contribution >= 0.6 is 12.4 Å². The van der Waals surface area contributed by atoms with Gasteiger partial charge >= 0.3 is 0 Å². The molecule has 1 aliphatic heterocycles. The van der Waals surface area contributed by atoms with Gasteiger partial charge in [0.25, 0.3) is 5.91 Å². The molecule has 2 rings (SSSR count). The highest BCUT2D eigenvalue weighted by atomic mass is 35.5. The number of rotatable bonds is 5. The van der Waals surface area contributed by atoms with Crippen molar-refractivity contribution in [3.63, 3.8) is 0 Å². The molecule has 3 N–H and O–H groups in total. The average molecular weight is 358 g/mol. The monoisotopic (exact) mass is 357 g/mol. The van der Waals surface area contributed by atoms with Gasteiger partial charge in [-0.3, -0.25) is 9.59 Å². The maximum Gasteiger partial charge on any atom is 0.251 e. The van der Waals surface area contributed by atoms with Gasteiger partial charge in [0.15, 0.2) is 0 Å². The van der Waals surface area contributed by atoms with Gasteiger partial charge in [0, 0.05) is 18.2 Å². The van der Waals surface area contributed by atoms with Crippen molar-refractivity contribution in [2.75, 3.05) is 13.1 Å². The van der Waals surface area contributed by atoms with Crippen LogP contribution in [-0.4, -0.2) is 37.0 Å². The molecule has 1 aliphatic rings. The Balaban J connectivity index is 0.00000288. The lowest BCUT2D eigenvalue weighted by molar-refractivity contribution is -0.124. The van der Waals surface area contributed by atoms with Gasteiger partial charge in [-0.25, -0.2) is 4.39 Å². The summed E-state index contributed by atoms with van der Waals surface area (Å²) in [7, 11) is 0. The molecule has 5 nitrogen and oxygen atoms in total. The summed E-state index contributed by atoms with van der Waals surface area (Å²) >= 11 is 0. The van der Waals surface area contributed by atoms with Crippen LogP contribution in [0.1, 0.15) is 37.0 Å². The molecule has 24 heavy (non-hydrogen) atoms. The summed E-state index contributed by atoms with van der Waals surface area (Å²) < 4.78 is 12.9. The Morgan fingerprint density at radius 1 is 1.25 bits per heavy atom. The fourth-order valence-electron chi connectivity index (χ4n) is 2.63. The van der Waals surface area contributed by atoms with Crippen LogP contribution in [0.25, 0.3) is 0 Å². The topological polar surface area (TPSA) is 70.2 Å². The molecule has 0 spiro atoms. The van der Waals surface area contributed by atoms with Crippen molar-refractivity contribution in [2.45, 2.75) is 38.8 Å². The van der Waals surface area contributed by atoms with Gasteiger partial charge in [-0.05, 0) is 49.6 Å². The maximum atomic E-state index is 12.9. The molecule has 0 bridgehead atoms. The Morgan fingerprint density at radius 3 is 2.46 bits per heavy atom. The van der Waals surface area contributed by atoms with Crippen LogP contribution in [0.5, 0.6) is 0 Å². The molecule has 1 aromatic rings. The molecule has 1 fully saturated rings. The predicted molar refractivity (Wildman–Crippen MR) is 93.8 cm³/mol. The number of hydrogen-bond acceptors (Lipinski definition) is 3. The Kier molecular flexibility index (Phi) is 8.15. The largest absolute Gasteiger partial charge is 0.350 e. The molecule has 0 aromatic heterocycles. The van der Waals surface area contributed by atoms with Gasteiger partial charge < -0.3 is 16.0 Å². The molecule has 1 heterocycles. The van der Waals surface area contributed by atoms with Crippen LogP contribution in [-0.2, 0) is 4.79 Å². The zero-order valence-corrected chi connectivity index (χ0v) is 14.8. The zero-order chi connectivity index (χ0) is 16.8. The van der Waals surface area contributed by atoms with Crippen molar-refractivity contribution in [3.05, 3.63) is 35.6 Å². The van der Waals surface area contributed by atoms with E-state index in [9.17, 15) is 14.0 Å². The number of benzene rings is 1. The summed E-state index contributed by atoms with van der Waals surface area (Å²) in [5.74, 6) is -0.995. The van der Waals surface area contributed by atoms with E-state index in [0.717, 1.165) is 25.9 Å². The summed E-state index contributed by atoms with van der Waals surface area (Å²) in [5, 5.41) is 8.98. The van der Waals surface area contributed by atoms with Crippen LogP contribution in [0.2, 0.25) is 0 Å². The van der Waals surface area contributed by atoms with Crippen LogP contribution in [0.15, 0.2) is 24.3 Å². The third kappa shape index (κ3) is 5.76. The number of hydrogen-bond donors (Lipinski definition) is 3. The molecule has 1 aromatic carbocycles. The number of halogens is 2. The molecule has 0 aliphatic carbocycles. The number of amides is 2. The summed E-state index contributed by atoms with van der Waals surface area (Å²) in [4.78, 5) is 24.7. The van der Waals surface area contributed by atoms with Crippen LogP contribution in [0.4, 0.5) is 4.39 Å². The van der Waals surface area contributed by atoms with E-state index < -0.39 is 11.9 Å². The summed E-state index contributed by atoms with van der Waals surface area (Å²) in [6, 6.07) is 4.76. The number of piperidine rings is 1. The van der Waals surface area contributed by atoms with Gasteiger partial charge in [0.05, 0.1) is 0 Å². The first-order valence-electron chi connectivity index (χ1n) is 8.05. The van der Waals surface area contributed by atoms with Gasteiger partial charge in [-0.15, -0.1) is 12.4 Å². The SMILES string of the molecule is CC(C)C(NC(=O)c1ccc(F)cc1)C(=O)N[C@H]1CCCNC1.Cl. The van der Waals surface area contributed by atoms with E-state index in [0.29, 0.717) is 5.56 Å². The Morgan fingerprint density at radius 2 is 1.92 bits per heavy atom. The first kappa shape index (κ1) is 20.4. The fraction of sp³-hybridized carbons (Fsp3) is 0.529. The molecule has 1 saturated heterocycles. The lowest BCUT2D eigenvalue weighted by Gasteiger charge is -2.28. The van der Waals surface area contributed by atoms with Crippen molar-refractivity contribution in [2.24, 2.45) is 5.92 Å². The molecule has 134 valence electrons. The molecule has 2 amide bonds. The van der Waals surface area contributed by atoms with E-state index in [2.05, 4.69) is 16.0 Å². The predicted octanol–water partition coefficient (Wildman–Crippen LogP) is 1.87. The summed E-state index contributed by atoms with van der Waals surface area (Å²) in [6.07, 6.45) is 1.97. The first-order valence-corrected chi connectivity index (χ1v) is 8.05. The van der Waals surface area contributed by atoms with Crippen molar-refractivity contribution >= 4 is 24.2 Å².